The summed E-state index contributed by atoms with van der Waals surface area (Å²) in [5.74, 6) is -0.232. The van der Waals surface area contributed by atoms with Crippen LogP contribution in [-0.2, 0) is 0 Å². The fourth-order valence-electron chi connectivity index (χ4n) is 3.85. The Morgan fingerprint density at radius 3 is 2.50 bits per heavy atom. The minimum Gasteiger partial charge on any atom is -0.343 e. The molecular formula is C24H18N4O3S. The van der Waals surface area contributed by atoms with Crippen LogP contribution in [0.5, 0.6) is 0 Å². The van der Waals surface area contributed by atoms with Gasteiger partial charge in [0.25, 0.3) is 5.69 Å². The van der Waals surface area contributed by atoms with Crippen molar-refractivity contribution in [1.29, 1.82) is 0 Å². The van der Waals surface area contributed by atoms with Crippen LogP contribution >= 0.6 is 11.8 Å². The largest absolute Gasteiger partial charge is 0.343 e. The molecule has 8 heteroatoms. The number of nitrogens with zero attached hydrogens (tertiary/aromatic N) is 4. The van der Waals surface area contributed by atoms with Gasteiger partial charge in [0, 0.05) is 47.0 Å². The molecule has 0 spiro atoms. The molecule has 1 aromatic heterocycles. The van der Waals surface area contributed by atoms with Crippen LogP contribution in [0, 0.1) is 10.1 Å². The van der Waals surface area contributed by atoms with Crippen LogP contribution in [0.1, 0.15) is 11.7 Å². The molecule has 0 N–H and O–H groups in total. The van der Waals surface area contributed by atoms with Crippen molar-refractivity contribution in [2.75, 3.05) is 11.9 Å². The van der Waals surface area contributed by atoms with Crippen molar-refractivity contribution in [1.82, 2.24) is 9.78 Å². The summed E-state index contributed by atoms with van der Waals surface area (Å²) in [6.45, 7) is 1.45. The Hall–Kier alpha value is -3.91. The molecule has 0 fully saturated rings. The second kappa shape index (κ2) is 7.65. The van der Waals surface area contributed by atoms with E-state index in [4.69, 9.17) is 0 Å². The number of carbonyl (C=O) groups is 1. The van der Waals surface area contributed by atoms with Crippen molar-refractivity contribution < 1.29 is 9.72 Å². The van der Waals surface area contributed by atoms with E-state index in [1.807, 2.05) is 31.3 Å². The van der Waals surface area contributed by atoms with E-state index in [1.165, 1.54) is 23.7 Å². The van der Waals surface area contributed by atoms with Crippen LogP contribution in [0.2, 0.25) is 0 Å². The first-order valence-corrected chi connectivity index (χ1v) is 10.7. The quantitative estimate of drug-likeness (QED) is 0.285. The lowest BCUT2D eigenvalue weighted by Gasteiger charge is -2.29. The van der Waals surface area contributed by atoms with Crippen LogP contribution in [0.3, 0.4) is 0 Å². The molecule has 0 bridgehead atoms. The SMILES string of the molecule is CC(=O)n1nc(-c2cccc([N+](=O)[O-])c2)cc1-c1ccc2c(c1)Sc1ccccc1N2C. The standard InChI is InChI=1S/C24H18N4O3S/c1-15(29)27-22(14-19(25-27)16-6-5-7-18(12-16)28(30)31)17-10-11-21-24(13-17)32-23-9-4-3-8-20(23)26(21)2/h3-14H,1-2H3. The molecule has 0 radical (unpaired) electrons. The number of para-hydroxylation sites is 1. The second-order valence-electron chi connectivity index (χ2n) is 7.46. The number of rotatable bonds is 3. The monoisotopic (exact) mass is 442 g/mol. The summed E-state index contributed by atoms with van der Waals surface area (Å²) in [5.41, 5.74) is 4.80. The lowest BCUT2D eigenvalue weighted by atomic mass is 10.1. The van der Waals surface area contributed by atoms with E-state index in [0.29, 0.717) is 17.0 Å². The molecule has 2 heterocycles. The van der Waals surface area contributed by atoms with Crippen molar-refractivity contribution in [2.45, 2.75) is 16.7 Å². The normalized spacial score (nSPS) is 12.2. The van der Waals surface area contributed by atoms with E-state index in [1.54, 1.807) is 30.0 Å². The predicted octanol–water partition coefficient (Wildman–Crippen LogP) is 6.02. The van der Waals surface area contributed by atoms with E-state index in [9.17, 15) is 14.9 Å². The van der Waals surface area contributed by atoms with Gasteiger partial charge in [-0.05, 0) is 30.3 Å². The number of hydrogen-bond donors (Lipinski definition) is 0. The molecule has 32 heavy (non-hydrogen) atoms. The van der Waals surface area contributed by atoms with Gasteiger partial charge in [-0.25, -0.2) is 0 Å². The first-order valence-electron chi connectivity index (χ1n) is 9.93. The minimum absolute atomic E-state index is 0.0201. The molecule has 0 amide bonds. The molecule has 4 aromatic rings. The Morgan fingerprint density at radius 2 is 1.72 bits per heavy atom. The highest BCUT2D eigenvalue weighted by Crippen LogP contribution is 2.48. The summed E-state index contributed by atoms with van der Waals surface area (Å²) in [5, 5.41) is 15.6. The number of hydrogen-bond acceptors (Lipinski definition) is 6. The third-order valence-corrected chi connectivity index (χ3v) is 6.54. The number of non-ortho nitro benzene ring substituents is 1. The zero-order valence-corrected chi connectivity index (χ0v) is 18.2. The zero-order valence-electron chi connectivity index (χ0n) is 17.4. The van der Waals surface area contributed by atoms with Crippen LogP contribution in [0.4, 0.5) is 17.1 Å². The number of nitro benzene ring substituents is 1. The fourth-order valence-corrected chi connectivity index (χ4v) is 5.04. The molecule has 0 aliphatic carbocycles. The third kappa shape index (κ3) is 3.34. The van der Waals surface area contributed by atoms with E-state index in [0.717, 1.165) is 26.7 Å². The Labute approximate surface area is 188 Å². The van der Waals surface area contributed by atoms with Gasteiger partial charge in [0.2, 0.25) is 5.91 Å². The average Bonchev–Trinajstić information content (AvgIpc) is 3.25. The van der Waals surface area contributed by atoms with Gasteiger partial charge in [-0.3, -0.25) is 14.9 Å². The number of carbonyl (C=O) groups excluding carboxylic acids is 1. The molecule has 0 unspecified atom stereocenters. The maximum Gasteiger partial charge on any atom is 0.270 e. The summed E-state index contributed by atoms with van der Waals surface area (Å²) < 4.78 is 1.35. The molecule has 5 rings (SSSR count). The molecule has 0 atom stereocenters. The lowest BCUT2D eigenvalue weighted by Crippen LogP contribution is -2.14. The number of aromatic nitrogens is 2. The highest BCUT2D eigenvalue weighted by atomic mass is 32.2. The summed E-state index contributed by atoms with van der Waals surface area (Å²) in [6.07, 6.45) is 0. The molecule has 0 saturated carbocycles. The van der Waals surface area contributed by atoms with Crippen LogP contribution < -0.4 is 4.90 Å². The van der Waals surface area contributed by atoms with E-state index in [2.05, 4.69) is 28.2 Å². The molecule has 7 nitrogen and oxygen atoms in total. The predicted molar refractivity (Wildman–Crippen MR) is 125 cm³/mol. The van der Waals surface area contributed by atoms with E-state index >= 15 is 0 Å². The van der Waals surface area contributed by atoms with Gasteiger partial charge >= 0.3 is 0 Å². The molecule has 1 aliphatic heterocycles. The minimum atomic E-state index is -0.443. The summed E-state index contributed by atoms with van der Waals surface area (Å²) in [4.78, 5) is 27.5. The van der Waals surface area contributed by atoms with Gasteiger partial charge in [-0.1, -0.05) is 42.1 Å². The fraction of sp³-hybridized carbons (Fsp3) is 0.0833. The van der Waals surface area contributed by atoms with Crippen molar-refractivity contribution in [3.8, 4) is 22.5 Å². The first kappa shape index (κ1) is 20.0. The van der Waals surface area contributed by atoms with Crippen molar-refractivity contribution >= 4 is 34.7 Å². The second-order valence-corrected chi connectivity index (χ2v) is 8.55. The molecular weight excluding hydrogens is 424 g/mol. The lowest BCUT2D eigenvalue weighted by molar-refractivity contribution is -0.384. The van der Waals surface area contributed by atoms with Gasteiger partial charge in [0.1, 0.15) is 0 Å². The molecule has 3 aromatic carbocycles. The number of nitro groups is 1. The van der Waals surface area contributed by atoms with Gasteiger partial charge in [-0.2, -0.15) is 9.78 Å². The summed E-state index contributed by atoms with van der Waals surface area (Å²) >= 11 is 1.69. The maximum atomic E-state index is 12.3. The molecule has 158 valence electrons. The summed E-state index contributed by atoms with van der Waals surface area (Å²) in [6, 6.07) is 22.3. The zero-order chi connectivity index (χ0) is 22.4. The first-order chi connectivity index (χ1) is 15.4. The van der Waals surface area contributed by atoms with Crippen LogP contribution in [0.15, 0.2) is 82.6 Å². The number of fused-ring (bicyclic) bond motifs is 2. The maximum absolute atomic E-state index is 12.3. The smallest absolute Gasteiger partial charge is 0.270 e. The Kier molecular flexibility index (Phi) is 4.79. The Bertz CT molecular complexity index is 1400. The van der Waals surface area contributed by atoms with Crippen molar-refractivity contribution in [3.63, 3.8) is 0 Å². The van der Waals surface area contributed by atoms with Crippen LogP contribution in [0.25, 0.3) is 22.5 Å². The highest BCUT2D eigenvalue weighted by molar-refractivity contribution is 7.99. The van der Waals surface area contributed by atoms with Gasteiger partial charge < -0.3 is 4.90 Å². The Morgan fingerprint density at radius 1 is 0.938 bits per heavy atom. The van der Waals surface area contributed by atoms with Crippen LogP contribution in [-0.4, -0.2) is 27.7 Å². The van der Waals surface area contributed by atoms with Crippen molar-refractivity contribution in [3.05, 3.63) is 82.9 Å². The molecule has 0 saturated heterocycles. The van der Waals surface area contributed by atoms with Gasteiger partial charge in [0.05, 0.1) is 27.7 Å². The van der Waals surface area contributed by atoms with Gasteiger partial charge in [0.15, 0.2) is 0 Å². The average molecular weight is 443 g/mol. The number of benzene rings is 3. The van der Waals surface area contributed by atoms with Crippen molar-refractivity contribution in [2.24, 2.45) is 0 Å². The summed E-state index contributed by atoms with van der Waals surface area (Å²) in [7, 11) is 2.04. The third-order valence-electron chi connectivity index (χ3n) is 5.42. The van der Waals surface area contributed by atoms with E-state index in [-0.39, 0.29) is 11.6 Å². The number of anilines is 2. The van der Waals surface area contributed by atoms with Gasteiger partial charge in [-0.15, -0.1) is 0 Å². The highest BCUT2D eigenvalue weighted by Gasteiger charge is 2.22. The molecule has 1 aliphatic rings. The van der Waals surface area contributed by atoms with E-state index < -0.39 is 4.92 Å². The Balaban J connectivity index is 1.60. The topological polar surface area (TPSA) is 81.3 Å².